The maximum Gasteiger partial charge on any atom is 0.264 e. The molecule has 1 N–H and O–H groups in total. The SMILES string of the molecule is CCNC(=O)[C@@H](C)N(Cc1ccc(Cl)c(Cl)c1)C(=O)CN(c1cccc(Br)c1)S(=O)(=O)c1ccc(C)cc1. The van der Waals surface area contributed by atoms with Gasteiger partial charge in [-0.2, -0.15) is 0 Å². The summed E-state index contributed by atoms with van der Waals surface area (Å²) in [6.07, 6.45) is 0. The molecule has 0 aromatic heterocycles. The number of nitrogens with one attached hydrogen (secondary N) is 1. The molecule has 38 heavy (non-hydrogen) atoms. The van der Waals surface area contributed by atoms with E-state index in [9.17, 15) is 18.0 Å². The number of anilines is 1. The monoisotopic (exact) mass is 639 g/mol. The third-order valence-electron chi connectivity index (χ3n) is 5.84. The van der Waals surface area contributed by atoms with Crippen LogP contribution in [0.3, 0.4) is 0 Å². The van der Waals surface area contributed by atoms with Crippen LogP contribution in [0.2, 0.25) is 10.0 Å². The van der Waals surface area contributed by atoms with Gasteiger partial charge >= 0.3 is 0 Å². The van der Waals surface area contributed by atoms with Gasteiger partial charge in [-0.15, -0.1) is 0 Å². The highest BCUT2D eigenvalue weighted by Crippen LogP contribution is 2.28. The number of sulfonamides is 1. The summed E-state index contributed by atoms with van der Waals surface area (Å²) in [5.74, 6) is -0.929. The first kappa shape index (κ1) is 30.0. The summed E-state index contributed by atoms with van der Waals surface area (Å²) >= 11 is 15.6. The Hall–Kier alpha value is -2.59. The lowest BCUT2D eigenvalue weighted by Gasteiger charge is -2.32. The van der Waals surface area contributed by atoms with Crippen LogP contribution in [0.15, 0.2) is 76.1 Å². The van der Waals surface area contributed by atoms with E-state index in [2.05, 4.69) is 21.2 Å². The Morgan fingerprint density at radius 1 is 1.00 bits per heavy atom. The predicted molar refractivity (Wildman–Crippen MR) is 155 cm³/mol. The van der Waals surface area contributed by atoms with Gasteiger partial charge in [-0.1, -0.05) is 69.0 Å². The van der Waals surface area contributed by atoms with Crippen LogP contribution in [0.5, 0.6) is 0 Å². The minimum Gasteiger partial charge on any atom is -0.355 e. The minimum absolute atomic E-state index is 0.0188. The Labute approximate surface area is 241 Å². The van der Waals surface area contributed by atoms with Crippen LogP contribution in [-0.4, -0.2) is 44.3 Å². The zero-order valence-electron chi connectivity index (χ0n) is 21.1. The van der Waals surface area contributed by atoms with Gasteiger partial charge in [0.15, 0.2) is 0 Å². The van der Waals surface area contributed by atoms with E-state index >= 15 is 0 Å². The summed E-state index contributed by atoms with van der Waals surface area (Å²) in [6, 6.07) is 17.1. The van der Waals surface area contributed by atoms with Crippen LogP contribution in [0.4, 0.5) is 5.69 Å². The fraction of sp³-hybridized carbons (Fsp3) is 0.259. The quantitative estimate of drug-likeness (QED) is 0.303. The molecular formula is C27H28BrCl2N3O4S. The van der Waals surface area contributed by atoms with Crippen molar-refractivity contribution in [1.82, 2.24) is 10.2 Å². The van der Waals surface area contributed by atoms with Crippen LogP contribution in [0, 0.1) is 6.92 Å². The van der Waals surface area contributed by atoms with Crippen LogP contribution in [0.25, 0.3) is 0 Å². The Morgan fingerprint density at radius 3 is 2.29 bits per heavy atom. The van der Waals surface area contributed by atoms with Gasteiger partial charge in [-0.05, 0) is 68.8 Å². The highest BCUT2D eigenvalue weighted by Gasteiger charge is 2.32. The molecule has 7 nitrogen and oxygen atoms in total. The summed E-state index contributed by atoms with van der Waals surface area (Å²) in [6.45, 7) is 5.10. The highest BCUT2D eigenvalue weighted by molar-refractivity contribution is 9.10. The second-order valence-electron chi connectivity index (χ2n) is 8.65. The average molecular weight is 641 g/mol. The predicted octanol–water partition coefficient (Wildman–Crippen LogP) is 5.81. The third kappa shape index (κ3) is 7.28. The van der Waals surface area contributed by atoms with E-state index in [4.69, 9.17) is 23.2 Å². The molecule has 0 aliphatic carbocycles. The number of hydrogen-bond acceptors (Lipinski definition) is 4. The van der Waals surface area contributed by atoms with Gasteiger partial charge in [0.05, 0.1) is 20.6 Å². The van der Waals surface area contributed by atoms with Crippen molar-refractivity contribution in [3.8, 4) is 0 Å². The standard InChI is InChI=1S/C27H28BrCl2N3O4S/c1-4-31-27(35)19(3)32(16-20-10-13-24(29)25(30)14-20)26(34)17-33(22-7-5-6-21(28)15-22)38(36,37)23-11-8-18(2)9-12-23/h5-15,19H,4,16-17H2,1-3H3,(H,31,35)/t19-/m1/s1. The molecule has 0 fully saturated rings. The lowest BCUT2D eigenvalue weighted by atomic mass is 10.1. The van der Waals surface area contributed by atoms with Gasteiger partial charge in [-0.25, -0.2) is 8.42 Å². The fourth-order valence-electron chi connectivity index (χ4n) is 3.74. The molecule has 0 saturated heterocycles. The number of hydrogen-bond donors (Lipinski definition) is 1. The summed E-state index contributed by atoms with van der Waals surface area (Å²) < 4.78 is 29.3. The van der Waals surface area contributed by atoms with Crippen LogP contribution in [-0.2, 0) is 26.2 Å². The second-order valence-corrected chi connectivity index (χ2v) is 12.2. The number of rotatable bonds is 10. The van der Waals surface area contributed by atoms with E-state index in [1.54, 1.807) is 68.4 Å². The molecular weight excluding hydrogens is 613 g/mol. The molecule has 0 bridgehead atoms. The zero-order valence-corrected chi connectivity index (χ0v) is 25.0. The van der Waals surface area contributed by atoms with Gasteiger partial charge in [0, 0.05) is 17.6 Å². The van der Waals surface area contributed by atoms with E-state index in [1.807, 2.05) is 6.92 Å². The molecule has 3 rings (SSSR count). The molecule has 0 radical (unpaired) electrons. The summed E-state index contributed by atoms with van der Waals surface area (Å²) in [5.41, 5.74) is 1.84. The van der Waals surface area contributed by atoms with Crippen molar-refractivity contribution < 1.29 is 18.0 Å². The first-order chi connectivity index (χ1) is 17.9. The average Bonchev–Trinajstić information content (AvgIpc) is 2.87. The zero-order chi connectivity index (χ0) is 28.0. The van der Waals surface area contributed by atoms with Gasteiger partial charge in [0.1, 0.15) is 12.6 Å². The smallest absolute Gasteiger partial charge is 0.264 e. The van der Waals surface area contributed by atoms with Crippen molar-refractivity contribution in [3.63, 3.8) is 0 Å². The minimum atomic E-state index is -4.13. The van der Waals surface area contributed by atoms with Crippen molar-refractivity contribution in [1.29, 1.82) is 0 Å². The number of nitrogens with zero attached hydrogens (tertiary/aromatic N) is 2. The van der Waals surface area contributed by atoms with Crippen molar-refractivity contribution >= 4 is 66.7 Å². The first-order valence-electron chi connectivity index (χ1n) is 11.8. The molecule has 0 unspecified atom stereocenters. The van der Waals surface area contributed by atoms with Crippen LogP contribution < -0.4 is 9.62 Å². The molecule has 1 atom stereocenters. The molecule has 0 aliphatic heterocycles. The molecule has 0 spiro atoms. The Bertz CT molecular complexity index is 1420. The molecule has 11 heteroatoms. The summed E-state index contributed by atoms with van der Waals surface area (Å²) in [5, 5.41) is 3.38. The van der Waals surface area contributed by atoms with Gasteiger partial charge < -0.3 is 10.2 Å². The number of carbonyl (C=O) groups excluding carboxylic acids is 2. The van der Waals surface area contributed by atoms with Crippen molar-refractivity contribution in [3.05, 3.63) is 92.4 Å². The maximum atomic E-state index is 13.8. The maximum absolute atomic E-state index is 13.8. The molecule has 2 amide bonds. The van der Waals surface area contributed by atoms with E-state index < -0.39 is 28.5 Å². The summed E-state index contributed by atoms with van der Waals surface area (Å²) in [4.78, 5) is 28.0. The van der Waals surface area contributed by atoms with Crippen LogP contribution in [0.1, 0.15) is 25.0 Å². The van der Waals surface area contributed by atoms with Gasteiger partial charge in [-0.3, -0.25) is 13.9 Å². The number of carbonyl (C=O) groups is 2. The summed E-state index contributed by atoms with van der Waals surface area (Å²) in [7, 11) is -4.13. The second kappa shape index (κ2) is 13.0. The number of likely N-dealkylation sites (N-methyl/N-ethyl adjacent to an activating group) is 1. The normalized spacial score (nSPS) is 12.1. The molecule has 0 heterocycles. The van der Waals surface area contributed by atoms with E-state index in [0.29, 0.717) is 32.3 Å². The first-order valence-corrected chi connectivity index (χ1v) is 14.8. The van der Waals surface area contributed by atoms with Crippen molar-refractivity contribution in [2.45, 2.75) is 38.3 Å². The molecule has 0 saturated carbocycles. The van der Waals surface area contributed by atoms with Crippen molar-refractivity contribution in [2.24, 2.45) is 0 Å². The topological polar surface area (TPSA) is 86.8 Å². The number of halogens is 3. The largest absolute Gasteiger partial charge is 0.355 e. The van der Waals surface area contributed by atoms with Gasteiger partial charge in [0.2, 0.25) is 11.8 Å². The van der Waals surface area contributed by atoms with E-state index in [1.165, 1.54) is 17.0 Å². The third-order valence-corrected chi connectivity index (χ3v) is 8.86. The molecule has 3 aromatic rings. The number of benzene rings is 3. The Balaban J connectivity index is 2.04. The number of aryl methyl sites for hydroxylation is 1. The highest BCUT2D eigenvalue weighted by atomic mass is 79.9. The van der Waals surface area contributed by atoms with Gasteiger partial charge in [0.25, 0.3) is 10.0 Å². The molecule has 0 aliphatic rings. The molecule has 3 aromatic carbocycles. The fourth-order valence-corrected chi connectivity index (χ4v) is 5.85. The Morgan fingerprint density at radius 2 is 1.68 bits per heavy atom. The lowest BCUT2D eigenvalue weighted by molar-refractivity contribution is -0.139. The Kier molecular flexibility index (Phi) is 10.2. The van der Waals surface area contributed by atoms with Crippen LogP contribution >= 0.6 is 39.1 Å². The lowest BCUT2D eigenvalue weighted by Crippen LogP contribution is -2.51. The van der Waals surface area contributed by atoms with Crippen molar-refractivity contribution in [2.75, 3.05) is 17.4 Å². The van der Waals surface area contributed by atoms with E-state index in [-0.39, 0.29) is 17.3 Å². The van der Waals surface area contributed by atoms with E-state index in [0.717, 1.165) is 9.87 Å². The number of amides is 2. The molecule has 202 valence electrons.